The number of esters is 1. The summed E-state index contributed by atoms with van der Waals surface area (Å²) >= 11 is 0. The van der Waals surface area contributed by atoms with Crippen LogP contribution in [-0.2, 0) is 16.0 Å². The SMILES string of the molecule is COc1ccc(C(=O)COC(=O)Cc2ccccc2)cc1F. The smallest absolute Gasteiger partial charge is 0.310 e. The Morgan fingerprint density at radius 2 is 1.82 bits per heavy atom. The predicted octanol–water partition coefficient (Wildman–Crippen LogP) is 2.80. The van der Waals surface area contributed by atoms with Crippen LogP contribution < -0.4 is 4.74 Å². The van der Waals surface area contributed by atoms with Crippen molar-refractivity contribution in [1.29, 1.82) is 0 Å². The Morgan fingerprint density at radius 3 is 2.45 bits per heavy atom. The van der Waals surface area contributed by atoms with Crippen LogP contribution in [0, 0.1) is 5.82 Å². The Labute approximate surface area is 127 Å². The number of carbonyl (C=O) groups is 2. The molecule has 0 bridgehead atoms. The van der Waals surface area contributed by atoms with Gasteiger partial charge in [0.25, 0.3) is 0 Å². The second kappa shape index (κ2) is 7.36. The van der Waals surface area contributed by atoms with Crippen LogP contribution in [0.4, 0.5) is 4.39 Å². The monoisotopic (exact) mass is 302 g/mol. The van der Waals surface area contributed by atoms with Crippen molar-refractivity contribution in [3.63, 3.8) is 0 Å². The van der Waals surface area contributed by atoms with Crippen molar-refractivity contribution in [2.45, 2.75) is 6.42 Å². The average Bonchev–Trinajstić information content (AvgIpc) is 2.53. The highest BCUT2D eigenvalue weighted by Crippen LogP contribution is 2.18. The summed E-state index contributed by atoms with van der Waals surface area (Å²) in [6, 6.07) is 12.9. The molecule has 2 aromatic carbocycles. The number of carbonyl (C=O) groups excluding carboxylic acids is 2. The van der Waals surface area contributed by atoms with Gasteiger partial charge in [-0.15, -0.1) is 0 Å². The highest BCUT2D eigenvalue weighted by Gasteiger charge is 2.13. The van der Waals surface area contributed by atoms with Gasteiger partial charge in [0.15, 0.2) is 24.0 Å². The minimum atomic E-state index is -0.635. The topological polar surface area (TPSA) is 52.6 Å². The lowest BCUT2D eigenvalue weighted by atomic mass is 10.1. The maximum Gasteiger partial charge on any atom is 0.310 e. The summed E-state index contributed by atoms with van der Waals surface area (Å²) in [5.74, 6) is -1.56. The fourth-order valence-electron chi connectivity index (χ4n) is 1.88. The van der Waals surface area contributed by atoms with E-state index >= 15 is 0 Å². The van der Waals surface area contributed by atoms with Gasteiger partial charge in [-0.25, -0.2) is 4.39 Å². The number of hydrogen-bond acceptors (Lipinski definition) is 4. The lowest BCUT2D eigenvalue weighted by molar-refractivity contribution is -0.141. The van der Waals surface area contributed by atoms with Crippen molar-refractivity contribution in [3.8, 4) is 5.75 Å². The van der Waals surface area contributed by atoms with E-state index in [1.165, 1.54) is 19.2 Å². The summed E-state index contributed by atoms with van der Waals surface area (Å²) in [5, 5.41) is 0. The van der Waals surface area contributed by atoms with Gasteiger partial charge in [-0.1, -0.05) is 30.3 Å². The fraction of sp³-hybridized carbons (Fsp3) is 0.176. The van der Waals surface area contributed by atoms with E-state index in [-0.39, 0.29) is 17.7 Å². The molecule has 4 nitrogen and oxygen atoms in total. The molecule has 0 unspecified atom stereocenters. The Balaban J connectivity index is 1.89. The molecule has 0 spiro atoms. The number of halogens is 1. The van der Waals surface area contributed by atoms with Gasteiger partial charge in [-0.2, -0.15) is 0 Å². The van der Waals surface area contributed by atoms with E-state index in [0.29, 0.717) is 0 Å². The van der Waals surface area contributed by atoms with Crippen LogP contribution in [0.5, 0.6) is 5.75 Å². The van der Waals surface area contributed by atoms with E-state index in [1.54, 1.807) is 12.1 Å². The van der Waals surface area contributed by atoms with Crippen molar-refractivity contribution in [1.82, 2.24) is 0 Å². The van der Waals surface area contributed by atoms with Crippen molar-refractivity contribution in [2.24, 2.45) is 0 Å². The molecular formula is C17H15FO4. The number of Topliss-reactive ketones (excluding diaryl/α,β-unsaturated/α-hetero) is 1. The number of ketones is 1. The highest BCUT2D eigenvalue weighted by molar-refractivity contribution is 5.98. The third kappa shape index (κ3) is 4.15. The molecule has 2 aromatic rings. The molecular weight excluding hydrogens is 287 g/mol. The van der Waals surface area contributed by atoms with Crippen LogP contribution in [0.1, 0.15) is 15.9 Å². The van der Waals surface area contributed by atoms with Crippen molar-refractivity contribution in [3.05, 3.63) is 65.5 Å². The predicted molar refractivity (Wildman–Crippen MR) is 78.4 cm³/mol. The van der Waals surface area contributed by atoms with Gasteiger partial charge in [0, 0.05) is 5.56 Å². The molecule has 0 aliphatic heterocycles. The van der Waals surface area contributed by atoms with Crippen molar-refractivity contribution >= 4 is 11.8 Å². The number of methoxy groups -OCH3 is 1. The average molecular weight is 302 g/mol. The van der Waals surface area contributed by atoms with Gasteiger partial charge in [-0.05, 0) is 23.8 Å². The van der Waals surface area contributed by atoms with Crippen LogP contribution in [0.15, 0.2) is 48.5 Å². The maximum absolute atomic E-state index is 13.5. The molecule has 114 valence electrons. The van der Waals surface area contributed by atoms with E-state index in [0.717, 1.165) is 11.6 Å². The Morgan fingerprint density at radius 1 is 1.09 bits per heavy atom. The van der Waals surface area contributed by atoms with Gasteiger partial charge in [0.05, 0.1) is 13.5 Å². The molecule has 5 heteroatoms. The summed E-state index contributed by atoms with van der Waals surface area (Å²) in [4.78, 5) is 23.5. The maximum atomic E-state index is 13.5. The van der Waals surface area contributed by atoms with Crippen LogP contribution >= 0.6 is 0 Å². The van der Waals surface area contributed by atoms with Gasteiger partial charge >= 0.3 is 5.97 Å². The molecule has 0 aromatic heterocycles. The zero-order valence-corrected chi connectivity index (χ0v) is 12.0. The number of ether oxygens (including phenoxy) is 2. The molecule has 0 fully saturated rings. The second-order valence-corrected chi connectivity index (χ2v) is 4.60. The molecule has 0 heterocycles. The van der Waals surface area contributed by atoms with Crippen LogP contribution in [0.25, 0.3) is 0 Å². The lowest BCUT2D eigenvalue weighted by Gasteiger charge is -2.06. The Hall–Kier alpha value is -2.69. The summed E-state index contributed by atoms with van der Waals surface area (Å²) in [6.07, 6.45) is 0.0884. The van der Waals surface area contributed by atoms with E-state index < -0.39 is 24.2 Å². The van der Waals surface area contributed by atoms with E-state index in [1.807, 2.05) is 18.2 Å². The molecule has 0 aliphatic rings. The third-order valence-corrected chi connectivity index (χ3v) is 3.03. The molecule has 0 radical (unpaired) electrons. The summed E-state index contributed by atoms with van der Waals surface area (Å²) in [5.41, 5.74) is 0.932. The summed E-state index contributed by atoms with van der Waals surface area (Å²) in [6.45, 7) is -0.419. The molecule has 0 saturated carbocycles. The van der Waals surface area contributed by atoms with E-state index in [9.17, 15) is 14.0 Å². The molecule has 0 atom stereocenters. The minimum Gasteiger partial charge on any atom is -0.494 e. The van der Waals surface area contributed by atoms with Crippen LogP contribution in [0.3, 0.4) is 0 Å². The normalized spacial score (nSPS) is 10.1. The van der Waals surface area contributed by atoms with E-state index in [2.05, 4.69) is 0 Å². The molecule has 0 aliphatic carbocycles. The number of hydrogen-bond donors (Lipinski definition) is 0. The zero-order valence-electron chi connectivity index (χ0n) is 12.0. The molecule has 0 N–H and O–H groups in total. The number of rotatable bonds is 6. The van der Waals surface area contributed by atoms with Gasteiger partial charge in [0.1, 0.15) is 0 Å². The first-order valence-electron chi connectivity index (χ1n) is 6.66. The molecule has 2 rings (SSSR count). The largest absolute Gasteiger partial charge is 0.494 e. The zero-order chi connectivity index (χ0) is 15.9. The third-order valence-electron chi connectivity index (χ3n) is 3.03. The van der Waals surface area contributed by atoms with Crippen molar-refractivity contribution in [2.75, 3.05) is 13.7 Å². The lowest BCUT2D eigenvalue weighted by Crippen LogP contribution is -2.15. The standard InChI is InChI=1S/C17H15FO4/c1-21-16-8-7-13(10-14(16)18)15(19)11-22-17(20)9-12-5-3-2-4-6-12/h2-8,10H,9,11H2,1H3. The first-order chi connectivity index (χ1) is 10.6. The molecule has 0 saturated heterocycles. The van der Waals surface area contributed by atoms with Gasteiger partial charge in [0.2, 0.25) is 0 Å². The first kappa shape index (κ1) is 15.7. The quantitative estimate of drug-likeness (QED) is 0.608. The summed E-state index contributed by atoms with van der Waals surface area (Å²) in [7, 11) is 1.34. The first-order valence-corrected chi connectivity index (χ1v) is 6.66. The molecule has 22 heavy (non-hydrogen) atoms. The second-order valence-electron chi connectivity index (χ2n) is 4.60. The highest BCUT2D eigenvalue weighted by atomic mass is 19.1. The van der Waals surface area contributed by atoms with E-state index in [4.69, 9.17) is 9.47 Å². The van der Waals surface area contributed by atoms with Crippen LogP contribution in [-0.4, -0.2) is 25.5 Å². The summed E-state index contributed by atoms with van der Waals surface area (Å²) < 4.78 is 23.2. The Kier molecular flexibility index (Phi) is 5.25. The van der Waals surface area contributed by atoms with Gasteiger partial charge < -0.3 is 9.47 Å². The van der Waals surface area contributed by atoms with Gasteiger partial charge in [-0.3, -0.25) is 9.59 Å². The molecule has 0 amide bonds. The van der Waals surface area contributed by atoms with Crippen LogP contribution in [0.2, 0.25) is 0 Å². The fourth-order valence-corrected chi connectivity index (χ4v) is 1.88. The van der Waals surface area contributed by atoms with Crippen molar-refractivity contribution < 1.29 is 23.5 Å². The minimum absolute atomic E-state index is 0.0534. The number of benzene rings is 2. The Bertz CT molecular complexity index is 668.